The predicted octanol–water partition coefficient (Wildman–Crippen LogP) is 2.37. The van der Waals surface area contributed by atoms with Gasteiger partial charge in [-0.05, 0) is 19.1 Å². The summed E-state index contributed by atoms with van der Waals surface area (Å²) in [4.78, 5) is 0. The highest BCUT2D eigenvalue weighted by molar-refractivity contribution is 5.53. The third-order valence-corrected chi connectivity index (χ3v) is 2.15. The Morgan fingerprint density at radius 3 is 2.93 bits per heavy atom. The molecule has 1 aliphatic rings. The summed E-state index contributed by atoms with van der Waals surface area (Å²) in [5, 5.41) is 0. The third kappa shape index (κ3) is 1.31. The van der Waals surface area contributed by atoms with Gasteiger partial charge >= 0.3 is 0 Å². The van der Waals surface area contributed by atoms with Crippen molar-refractivity contribution in [2.24, 2.45) is 0 Å². The van der Waals surface area contributed by atoms with Crippen LogP contribution in [0.2, 0.25) is 0 Å². The Balaban J connectivity index is 2.46. The second-order valence-corrected chi connectivity index (χ2v) is 3.12. The summed E-state index contributed by atoms with van der Waals surface area (Å²) in [7, 11) is 1.60. The molecule has 1 aromatic rings. The van der Waals surface area contributed by atoms with Gasteiger partial charge in [0.1, 0.15) is 5.76 Å². The molecule has 0 radical (unpaired) electrons. The van der Waals surface area contributed by atoms with Crippen LogP contribution in [0.5, 0.6) is 17.2 Å². The van der Waals surface area contributed by atoms with Gasteiger partial charge in [-0.2, -0.15) is 0 Å². The van der Waals surface area contributed by atoms with Crippen molar-refractivity contribution in [3.05, 3.63) is 30.5 Å². The molecule has 0 saturated heterocycles. The summed E-state index contributed by atoms with van der Waals surface area (Å²) in [5.74, 6) is 2.57. The first-order valence-corrected chi connectivity index (χ1v) is 4.42. The van der Waals surface area contributed by atoms with Gasteiger partial charge in [0.2, 0.25) is 5.75 Å². The Bertz CT molecular complexity index is 371. The minimum Gasteiger partial charge on any atom is -0.493 e. The number of ether oxygens (including phenoxy) is 3. The molecule has 1 aromatic carbocycles. The third-order valence-electron chi connectivity index (χ3n) is 2.15. The van der Waals surface area contributed by atoms with Crippen LogP contribution in [-0.2, 0) is 0 Å². The minimum atomic E-state index is -0.116. The lowest BCUT2D eigenvalue weighted by molar-refractivity contribution is 0.158. The van der Waals surface area contributed by atoms with Crippen LogP contribution in [-0.4, -0.2) is 13.2 Å². The number of fused-ring (bicyclic) bond motifs is 1. The number of hydrogen-bond acceptors (Lipinski definition) is 3. The van der Waals surface area contributed by atoms with Crippen LogP contribution < -0.4 is 14.2 Å². The zero-order valence-corrected chi connectivity index (χ0v) is 8.24. The van der Waals surface area contributed by atoms with E-state index in [1.165, 1.54) is 0 Å². The van der Waals surface area contributed by atoms with Crippen molar-refractivity contribution in [1.82, 2.24) is 0 Å². The topological polar surface area (TPSA) is 27.7 Å². The van der Waals surface area contributed by atoms with E-state index in [1.807, 2.05) is 25.1 Å². The van der Waals surface area contributed by atoms with E-state index in [0.717, 1.165) is 0 Å². The van der Waals surface area contributed by atoms with Crippen molar-refractivity contribution in [1.29, 1.82) is 0 Å². The number of rotatable bonds is 1. The molecule has 1 unspecified atom stereocenters. The second-order valence-electron chi connectivity index (χ2n) is 3.12. The average molecular weight is 192 g/mol. The predicted molar refractivity (Wildman–Crippen MR) is 52.9 cm³/mol. The molecule has 2 rings (SSSR count). The SMILES string of the molecule is C=C1Oc2c(OC)cccc2OC1C. The van der Waals surface area contributed by atoms with Gasteiger partial charge in [0, 0.05) is 0 Å². The monoisotopic (exact) mass is 192 g/mol. The van der Waals surface area contributed by atoms with Gasteiger partial charge in [0.15, 0.2) is 17.6 Å². The van der Waals surface area contributed by atoms with Crippen molar-refractivity contribution in [2.45, 2.75) is 13.0 Å². The van der Waals surface area contributed by atoms with E-state index in [0.29, 0.717) is 23.0 Å². The number of benzene rings is 1. The van der Waals surface area contributed by atoms with Crippen molar-refractivity contribution in [3.8, 4) is 17.2 Å². The lowest BCUT2D eigenvalue weighted by atomic mass is 10.2. The molecular weight excluding hydrogens is 180 g/mol. The Labute approximate surface area is 82.9 Å². The van der Waals surface area contributed by atoms with Gasteiger partial charge in [0.25, 0.3) is 0 Å². The normalized spacial score (nSPS) is 19.3. The molecule has 14 heavy (non-hydrogen) atoms. The standard InChI is InChI=1S/C11H12O3/c1-7-8(2)14-11-9(12-3)5-4-6-10(11)13-7/h4-7H,2H2,1,3H3. The van der Waals surface area contributed by atoms with Crippen molar-refractivity contribution < 1.29 is 14.2 Å². The molecule has 3 heteroatoms. The Morgan fingerprint density at radius 2 is 2.21 bits per heavy atom. The molecule has 0 bridgehead atoms. The lowest BCUT2D eigenvalue weighted by Crippen LogP contribution is -2.23. The minimum absolute atomic E-state index is 0.116. The first-order valence-electron chi connectivity index (χ1n) is 4.42. The molecule has 0 amide bonds. The fraction of sp³-hybridized carbons (Fsp3) is 0.273. The van der Waals surface area contributed by atoms with Gasteiger partial charge in [-0.3, -0.25) is 0 Å². The van der Waals surface area contributed by atoms with Crippen molar-refractivity contribution in [2.75, 3.05) is 7.11 Å². The second kappa shape index (κ2) is 3.25. The highest BCUT2D eigenvalue weighted by Gasteiger charge is 2.23. The average Bonchev–Trinajstić information content (AvgIpc) is 2.19. The van der Waals surface area contributed by atoms with E-state index in [-0.39, 0.29) is 6.10 Å². The van der Waals surface area contributed by atoms with Crippen LogP contribution in [0, 0.1) is 0 Å². The number of hydrogen-bond donors (Lipinski definition) is 0. The van der Waals surface area contributed by atoms with Gasteiger partial charge in [0.05, 0.1) is 7.11 Å². The van der Waals surface area contributed by atoms with Crippen LogP contribution in [0.25, 0.3) is 0 Å². The summed E-state index contributed by atoms with van der Waals surface area (Å²) in [6.07, 6.45) is -0.116. The summed E-state index contributed by atoms with van der Waals surface area (Å²) < 4.78 is 16.3. The fourth-order valence-corrected chi connectivity index (χ4v) is 1.32. The van der Waals surface area contributed by atoms with Gasteiger partial charge in [-0.1, -0.05) is 12.6 Å². The summed E-state index contributed by atoms with van der Waals surface area (Å²) >= 11 is 0. The van der Waals surface area contributed by atoms with E-state index in [2.05, 4.69) is 6.58 Å². The Kier molecular flexibility index (Phi) is 2.08. The summed E-state index contributed by atoms with van der Waals surface area (Å²) in [5.41, 5.74) is 0. The number of methoxy groups -OCH3 is 1. The summed E-state index contributed by atoms with van der Waals surface area (Å²) in [6.45, 7) is 5.66. The highest BCUT2D eigenvalue weighted by atomic mass is 16.6. The zero-order chi connectivity index (χ0) is 10.1. The van der Waals surface area contributed by atoms with E-state index in [4.69, 9.17) is 14.2 Å². The first-order chi connectivity index (χ1) is 6.72. The quantitative estimate of drug-likeness (QED) is 0.683. The maximum absolute atomic E-state index is 5.58. The van der Waals surface area contributed by atoms with Crippen LogP contribution in [0.15, 0.2) is 30.5 Å². The molecule has 1 atom stereocenters. The smallest absolute Gasteiger partial charge is 0.210 e. The molecule has 0 aliphatic carbocycles. The van der Waals surface area contributed by atoms with E-state index in [1.54, 1.807) is 7.11 Å². The highest BCUT2D eigenvalue weighted by Crippen LogP contribution is 2.41. The molecule has 0 spiro atoms. The van der Waals surface area contributed by atoms with E-state index >= 15 is 0 Å². The van der Waals surface area contributed by atoms with Crippen LogP contribution >= 0.6 is 0 Å². The van der Waals surface area contributed by atoms with Crippen LogP contribution in [0.4, 0.5) is 0 Å². The Hall–Kier alpha value is -1.64. The van der Waals surface area contributed by atoms with Crippen molar-refractivity contribution >= 4 is 0 Å². The molecule has 3 nitrogen and oxygen atoms in total. The van der Waals surface area contributed by atoms with Gasteiger partial charge < -0.3 is 14.2 Å². The molecule has 74 valence electrons. The van der Waals surface area contributed by atoms with Gasteiger partial charge in [-0.15, -0.1) is 0 Å². The van der Waals surface area contributed by atoms with Crippen LogP contribution in [0.1, 0.15) is 6.92 Å². The molecule has 0 fully saturated rings. The largest absolute Gasteiger partial charge is 0.493 e. The molecule has 0 N–H and O–H groups in total. The molecular formula is C11H12O3. The van der Waals surface area contributed by atoms with Crippen molar-refractivity contribution in [3.63, 3.8) is 0 Å². The van der Waals surface area contributed by atoms with Gasteiger partial charge in [-0.25, -0.2) is 0 Å². The molecule has 0 aromatic heterocycles. The maximum Gasteiger partial charge on any atom is 0.210 e. The van der Waals surface area contributed by atoms with E-state index < -0.39 is 0 Å². The van der Waals surface area contributed by atoms with E-state index in [9.17, 15) is 0 Å². The lowest BCUT2D eigenvalue weighted by Gasteiger charge is -2.26. The molecule has 0 saturated carbocycles. The fourth-order valence-electron chi connectivity index (χ4n) is 1.32. The molecule has 1 heterocycles. The maximum atomic E-state index is 5.58. The Morgan fingerprint density at radius 1 is 1.43 bits per heavy atom. The first kappa shape index (κ1) is 8.94. The molecule has 1 aliphatic heterocycles. The van der Waals surface area contributed by atoms with Crippen LogP contribution in [0.3, 0.4) is 0 Å². The number of para-hydroxylation sites is 1. The zero-order valence-electron chi connectivity index (χ0n) is 8.24. The summed E-state index contributed by atoms with van der Waals surface area (Å²) in [6, 6.07) is 5.54.